The fraction of sp³-hybridized carbons (Fsp3) is 0.222. The molecule has 1 atom stereocenters. The van der Waals surface area contributed by atoms with Crippen molar-refractivity contribution in [2.24, 2.45) is 5.73 Å². The molecule has 0 saturated carbocycles. The Morgan fingerprint density at radius 3 is 2.62 bits per heavy atom. The highest BCUT2D eigenvalue weighted by Crippen LogP contribution is 2.36. The zero-order chi connectivity index (χ0) is 14.7. The first-order chi connectivity index (χ1) is 10.2. The fourth-order valence-electron chi connectivity index (χ4n) is 2.61. The van der Waals surface area contributed by atoms with Gasteiger partial charge in [0.15, 0.2) is 0 Å². The predicted molar refractivity (Wildman–Crippen MR) is 89.9 cm³/mol. The second-order valence-corrected chi connectivity index (χ2v) is 6.27. The summed E-state index contributed by atoms with van der Waals surface area (Å²) in [5.41, 5.74) is 5.43. The van der Waals surface area contributed by atoms with Crippen molar-refractivity contribution in [3.8, 4) is 5.75 Å². The van der Waals surface area contributed by atoms with Gasteiger partial charge in [-0.15, -0.1) is 11.3 Å². The monoisotopic (exact) mass is 297 g/mol. The maximum absolute atomic E-state index is 6.43. The Morgan fingerprint density at radius 2 is 1.86 bits per heavy atom. The molecule has 0 fully saturated rings. The van der Waals surface area contributed by atoms with Crippen LogP contribution in [0.3, 0.4) is 0 Å². The lowest BCUT2D eigenvalue weighted by atomic mass is 9.99. The number of ether oxygens (including phenoxy) is 1. The summed E-state index contributed by atoms with van der Waals surface area (Å²) < 4.78 is 6.43. The maximum atomic E-state index is 6.43. The summed E-state index contributed by atoms with van der Waals surface area (Å²) in [6, 6.07) is 18.6. The Labute approximate surface area is 129 Å². The molecule has 1 aromatic heterocycles. The molecular weight excluding hydrogens is 278 g/mol. The molecule has 3 rings (SSSR count). The largest absolute Gasteiger partial charge is 0.481 e. The number of fused-ring (bicyclic) bond motifs is 1. The van der Waals surface area contributed by atoms with Gasteiger partial charge in [-0.3, -0.25) is 0 Å². The zero-order valence-electron chi connectivity index (χ0n) is 12.1. The van der Waals surface area contributed by atoms with Gasteiger partial charge in [-0.1, -0.05) is 42.5 Å². The van der Waals surface area contributed by atoms with Gasteiger partial charge in [-0.2, -0.15) is 0 Å². The van der Waals surface area contributed by atoms with E-state index in [0.717, 1.165) is 17.6 Å². The lowest BCUT2D eigenvalue weighted by molar-refractivity contribution is 0.0855. The standard InChI is InChI=1S/C18H19NOS/c1-18(11-12-19,17-10-5-13-21-17)20-16-9-4-7-14-6-2-3-8-15(14)16/h2-10,13H,11-12,19H2,1H3. The first-order valence-electron chi connectivity index (χ1n) is 7.14. The SMILES string of the molecule is CC(CCN)(Oc1cccc2ccccc12)c1cccs1. The molecule has 108 valence electrons. The van der Waals surface area contributed by atoms with Gasteiger partial charge in [0.25, 0.3) is 0 Å². The average Bonchev–Trinajstić information content (AvgIpc) is 3.03. The van der Waals surface area contributed by atoms with E-state index < -0.39 is 0 Å². The lowest BCUT2D eigenvalue weighted by Gasteiger charge is -2.30. The van der Waals surface area contributed by atoms with E-state index in [-0.39, 0.29) is 5.60 Å². The van der Waals surface area contributed by atoms with Gasteiger partial charge >= 0.3 is 0 Å². The molecule has 0 spiro atoms. The van der Waals surface area contributed by atoms with Crippen LogP contribution in [-0.4, -0.2) is 6.54 Å². The first-order valence-corrected chi connectivity index (χ1v) is 8.02. The van der Waals surface area contributed by atoms with Crippen molar-refractivity contribution < 1.29 is 4.74 Å². The number of hydrogen-bond acceptors (Lipinski definition) is 3. The van der Waals surface area contributed by atoms with Gasteiger partial charge < -0.3 is 10.5 Å². The minimum atomic E-state index is -0.382. The van der Waals surface area contributed by atoms with Gasteiger partial charge in [0.2, 0.25) is 0 Å². The molecule has 0 aliphatic carbocycles. The van der Waals surface area contributed by atoms with Crippen molar-refractivity contribution in [2.75, 3.05) is 6.54 Å². The predicted octanol–water partition coefficient (Wildman–Crippen LogP) is 4.54. The normalized spacial score (nSPS) is 14.0. The first kappa shape index (κ1) is 14.1. The van der Waals surface area contributed by atoms with Gasteiger partial charge in [0.05, 0.1) is 0 Å². The number of rotatable bonds is 5. The Bertz CT molecular complexity index is 718. The molecule has 2 aromatic carbocycles. The quantitative estimate of drug-likeness (QED) is 0.750. The van der Waals surface area contributed by atoms with E-state index in [1.165, 1.54) is 10.3 Å². The van der Waals surface area contributed by atoms with E-state index in [0.29, 0.717) is 6.54 Å². The Hall–Kier alpha value is -1.84. The number of benzene rings is 2. The number of hydrogen-bond donors (Lipinski definition) is 1. The van der Waals surface area contributed by atoms with Crippen molar-refractivity contribution >= 4 is 22.1 Å². The van der Waals surface area contributed by atoms with E-state index in [1.807, 2.05) is 24.3 Å². The molecule has 2 nitrogen and oxygen atoms in total. The van der Waals surface area contributed by atoms with Gasteiger partial charge in [0, 0.05) is 16.7 Å². The van der Waals surface area contributed by atoms with Crippen molar-refractivity contribution in [1.82, 2.24) is 0 Å². The molecule has 1 unspecified atom stereocenters. The second kappa shape index (κ2) is 5.88. The van der Waals surface area contributed by atoms with Crippen LogP contribution in [0.15, 0.2) is 60.0 Å². The summed E-state index contributed by atoms with van der Waals surface area (Å²) in [7, 11) is 0. The highest BCUT2D eigenvalue weighted by atomic mass is 32.1. The molecule has 0 radical (unpaired) electrons. The van der Waals surface area contributed by atoms with Crippen LogP contribution in [0.1, 0.15) is 18.2 Å². The zero-order valence-corrected chi connectivity index (χ0v) is 12.9. The van der Waals surface area contributed by atoms with Crippen molar-refractivity contribution in [2.45, 2.75) is 18.9 Å². The Morgan fingerprint density at radius 1 is 1.05 bits per heavy atom. The molecule has 0 saturated heterocycles. The van der Waals surface area contributed by atoms with E-state index in [4.69, 9.17) is 10.5 Å². The summed E-state index contributed by atoms with van der Waals surface area (Å²) >= 11 is 1.71. The number of thiophene rings is 1. The van der Waals surface area contributed by atoms with Crippen molar-refractivity contribution in [3.63, 3.8) is 0 Å². The molecule has 3 aromatic rings. The van der Waals surface area contributed by atoms with E-state index in [2.05, 4.69) is 42.6 Å². The average molecular weight is 297 g/mol. The third-order valence-electron chi connectivity index (χ3n) is 3.75. The molecule has 21 heavy (non-hydrogen) atoms. The molecule has 0 bridgehead atoms. The molecule has 3 heteroatoms. The molecular formula is C18H19NOS. The summed E-state index contributed by atoms with van der Waals surface area (Å²) in [6.07, 6.45) is 0.788. The molecule has 0 aliphatic rings. The summed E-state index contributed by atoms with van der Waals surface area (Å²) in [4.78, 5) is 1.21. The minimum absolute atomic E-state index is 0.382. The van der Waals surface area contributed by atoms with Crippen LogP contribution in [-0.2, 0) is 5.60 Å². The molecule has 0 amide bonds. The van der Waals surface area contributed by atoms with E-state index in [9.17, 15) is 0 Å². The summed E-state index contributed by atoms with van der Waals surface area (Å²) in [6.45, 7) is 2.71. The Balaban J connectivity index is 2.02. The molecule has 0 aliphatic heterocycles. The highest BCUT2D eigenvalue weighted by molar-refractivity contribution is 7.10. The van der Waals surface area contributed by atoms with E-state index >= 15 is 0 Å². The topological polar surface area (TPSA) is 35.2 Å². The fourth-order valence-corrected chi connectivity index (χ4v) is 3.46. The minimum Gasteiger partial charge on any atom is -0.481 e. The van der Waals surface area contributed by atoms with Crippen LogP contribution in [0, 0.1) is 0 Å². The molecule has 2 N–H and O–H groups in total. The van der Waals surface area contributed by atoms with Crippen LogP contribution in [0.4, 0.5) is 0 Å². The van der Waals surface area contributed by atoms with Crippen LogP contribution in [0.2, 0.25) is 0 Å². The van der Waals surface area contributed by atoms with Crippen molar-refractivity contribution in [1.29, 1.82) is 0 Å². The second-order valence-electron chi connectivity index (χ2n) is 5.33. The molecule has 1 heterocycles. The Kier molecular flexibility index (Phi) is 3.95. The van der Waals surface area contributed by atoms with Crippen LogP contribution < -0.4 is 10.5 Å². The van der Waals surface area contributed by atoms with Crippen LogP contribution in [0.25, 0.3) is 10.8 Å². The third kappa shape index (κ3) is 2.80. The maximum Gasteiger partial charge on any atom is 0.141 e. The van der Waals surface area contributed by atoms with Crippen molar-refractivity contribution in [3.05, 3.63) is 64.9 Å². The van der Waals surface area contributed by atoms with Gasteiger partial charge in [-0.05, 0) is 36.4 Å². The lowest BCUT2D eigenvalue weighted by Crippen LogP contribution is -2.31. The summed E-state index contributed by atoms with van der Waals surface area (Å²) in [5.74, 6) is 0.914. The smallest absolute Gasteiger partial charge is 0.141 e. The van der Waals surface area contributed by atoms with Gasteiger partial charge in [0.1, 0.15) is 11.4 Å². The summed E-state index contributed by atoms with van der Waals surface area (Å²) in [5, 5.41) is 4.41. The van der Waals surface area contributed by atoms with Crippen LogP contribution in [0.5, 0.6) is 5.75 Å². The highest BCUT2D eigenvalue weighted by Gasteiger charge is 2.29. The number of nitrogens with two attached hydrogens (primary N) is 1. The van der Waals surface area contributed by atoms with Gasteiger partial charge in [-0.25, -0.2) is 0 Å². The van der Waals surface area contributed by atoms with E-state index in [1.54, 1.807) is 11.3 Å². The third-order valence-corrected chi connectivity index (χ3v) is 4.86. The van der Waals surface area contributed by atoms with Crippen LogP contribution >= 0.6 is 11.3 Å².